The maximum Gasteiger partial charge on any atom is 0.193 e. The first-order chi connectivity index (χ1) is 5.95. The number of aliphatic hydroxyl groups excluding tert-OH is 1. The molecule has 80 valence electrons. The van der Waals surface area contributed by atoms with E-state index >= 15 is 0 Å². The Hall–Kier alpha value is 0.830. The van der Waals surface area contributed by atoms with Crippen molar-refractivity contribution in [2.24, 2.45) is 0 Å². The van der Waals surface area contributed by atoms with Gasteiger partial charge in [-0.3, -0.25) is 0 Å². The lowest BCUT2D eigenvalue weighted by Crippen LogP contribution is -2.16. The van der Waals surface area contributed by atoms with E-state index in [1.807, 2.05) is 0 Å². The van der Waals surface area contributed by atoms with Gasteiger partial charge in [0.15, 0.2) is 3.79 Å². The number of aliphatic hydroxyl groups is 1. The molecule has 0 aromatic heterocycles. The highest BCUT2D eigenvalue weighted by molar-refractivity contribution is 6.67. The molecule has 0 aliphatic carbocycles. The zero-order valence-corrected chi connectivity index (χ0v) is 10.2. The Kier molecular flexibility index (Phi) is 7.62. The van der Waals surface area contributed by atoms with Crippen LogP contribution in [0.3, 0.4) is 0 Å². The highest BCUT2D eigenvalue weighted by Gasteiger charge is 2.23. The molecule has 0 heterocycles. The Morgan fingerprint density at radius 1 is 1.15 bits per heavy atom. The Morgan fingerprint density at radius 2 is 1.77 bits per heavy atom. The van der Waals surface area contributed by atoms with E-state index in [1.165, 1.54) is 12.8 Å². The van der Waals surface area contributed by atoms with Gasteiger partial charge in [0.1, 0.15) is 0 Å². The summed E-state index contributed by atoms with van der Waals surface area (Å²) in [5, 5.41) is 9.43. The highest BCUT2D eigenvalue weighted by atomic mass is 35.6. The van der Waals surface area contributed by atoms with E-state index < -0.39 is 9.90 Å². The maximum absolute atomic E-state index is 9.43. The average Bonchev–Trinajstić information content (AvgIpc) is 1.94. The van der Waals surface area contributed by atoms with Crippen molar-refractivity contribution in [3.8, 4) is 0 Å². The van der Waals surface area contributed by atoms with Crippen molar-refractivity contribution in [1.82, 2.24) is 0 Å². The van der Waals surface area contributed by atoms with Gasteiger partial charge in [-0.25, -0.2) is 0 Å². The summed E-state index contributed by atoms with van der Waals surface area (Å²) in [6.07, 6.45) is 5.03. The fourth-order valence-corrected chi connectivity index (χ4v) is 1.71. The van der Waals surface area contributed by atoms with E-state index in [0.29, 0.717) is 0 Å². The molecule has 0 saturated carbocycles. The van der Waals surface area contributed by atoms with Crippen LogP contribution in [0.15, 0.2) is 0 Å². The quantitative estimate of drug-likeness (QED) is 0.554. The van der Waals surface area contributed by atoms with Crippen molar-refractivity contribution >= 4 is 34.8 Å². The molecule has 1 atom stereocenters. The SMILES string of the molecule is CCCCCCC(O)CC(Cl)(Cl)Cl. The number of hydrogen-bond donors (Lipinski definition) is 1. The topological polar surface area (TPSA) is 20.2 Å². The van der Waals surface area contributed by atoms with Gasteiger partial charge in [-0.05, 0) is 6.42 Å². The van der Waals surface area contributed by atoms with Crippen LogP contribution in [-0.2, 0) is 0 Å². The molecule has 4 heteroatoms. The second-order valence-electron chi connectivity index (χ2n) is 3.32. The summed E-state index contributed by atoms with van der Waals surface area (Å²) in [6.45, 7) is 2.15. The summed E-state index contributed by atoms with van der Waals surface area (Å²) in [6, 6.07) is 0. The first kappa shape index (κ1) is 13.8. The van der Waals surface area contributed by atoms with Crippen LogP contribution in [0.5, 0.6) is 0 Å². The smallest absolute Gasteiger partial charge is 0.193 e. The number of rotatable bonds is 6. The van der Waals surface area contributed by atoms with E-state index in [1.54, 1.807) is 0 Å². The first-order valence-corrected chi connectivity index (χ1v) is 5.84. The average molecular weight is 248 g/mol. The van der Waals surface area contributed by atoms with E-state index in [-0.39, 0.29) is 6.42 Å². The summed E-state index contributed by atoms with van der Waals surface area (Å²) in [4.78, 5) is 0. The molecule has 0 radical (unpaired) electrons. The minimum absolute atomic E-state index is 0.226. The van der Waals surface area contributed by atoms with Crippen LogP contribution >= 0.6 is 34.8 Å². The van der Waals surface area contributed by atoms with Gasteiger partial charge >= 0.3 is 0 Å². The Bertz CT molecular complexity index is 123. The van der Waals surface area contributed by atoms with Crippen LogP contribution in [0.2, 0.25) is 0 Å². The van der Waals surface area contributed by atoms with Crippen molar-refractivity contribution in [1.29, 1.82) is 0 Å². The third-order valence-electron chi connectivity index (χ3n) is 1.86. The van der Waals surface area contributed by atoms with Crippen LogP contribution < -0.4 is 0 Å². The second kappa shape index (κ2) is 7.17. The third kappa shape index (κ3) is 10.8. The van der Waals surface area contributed by atoms with Gasteiger partial charge in [0.25, 0.3) is 0 Å². The monoisotopic (exact) mass is 246 g/mol. The lowest BCUT2D eigenvalue weighted by molar-refractivity contribution is 0.152. The van der Waals surface area contributed by atoms with Crippen molar-refractivity contribution in [2.45, 2.75) is 55.3 Å². The van der Waals surface area contributed by atoms with Gasteiger partial charge in [-0.2, -0.15) is 0 Å². The fraction of sp³-hybridized carbons (Fsp3) is 1.00. The Labute approximate surface area is 95.4 Å². The molecule has 13 heavy (non-hydrogen) atoms. The summed E-state index contributed by atoms with van der Waals surface area (Å²) in [5.41, 5.74) is 0. The van der Waals surface area contributed by atoms with Crippen molar-refractivity contribution in [2.75, 3.05) is 0 Å². The lowest BCUT2D eigenvalue weighted by atomic mass is 10.1. The Balaban J connectivity index is 3.35. The van der Waals surface area contributed by atoms with E-state index in [2.05, 4.69) is 6.92 Å². The standard InChI is InChI=1S/C9H17Cl3O/c1-2-3-4-5-6-8(13)7-9(10,11)12/h8,13H,2-7H2,1H3. The molecule has 0 saturated heterocycles. The van der Waals surface area contributed by atoms with Crippen LogP contribution in [0.25, 0.3) is 0 Å². The van der Waals surface area contributed by atoms with E-state index in [4.69, 9.17) is 34.8 Å². The summed E-state index contributed by atoms with van der Waals surface area (Å²) in [5.74, 6) is 0. The molecule has 0 fully saturated rings. The van der Waals surface area contributed by atoms with Crippen molar-refractivity contribution in [3.05, 3.63) is 0 Å². The van der Waals surface area contributed by atoms with Crippen molar-refractivity contribution < 1.29 is 5.11 Å². The number of hydrogen-bond acceptors (Lipinski definition) is 1. The third-order valence-corrected chi connectivity index (χ3v) is 2.32. The maximum atomic E-state index is 9.43. The molecule has 0 aromatic carbocycles. The fourth-order valence-electron chi connectivity index (χ4n) is 1.18. The minimum Gasteiger partial charge on any atom is -0.393 e. The summed E-state index contributed by atoms with van der Waals surface area (Å²) < 4.78 is -1.32. The lowest BCUT2D eigenvalue weighted by Gasteiger charge is -2.15. The van der Waals surface area contributed by atoms with Crippen LogP contribution in [0.1, 0.15) is 45.4 Å². The highest BCUT2D eigenvalue weighted by Crippen LogP contribution is 2.32. The van der Waals surface area contributed by atoms with Gasteiger partial charge < -0.3 is 5.11 Å². The van der Waals surface area contributed by atoms with Crippen molar-refractivity contribution in [3.63, 3.8) is 0 Å². The van der Waals surface area contributed by atoms with Gasteiger partial charge in [-0.1, -0.05) is 67.4 Å². The Morgan fingerprint density at radius 3 is 2.23 bits per heavy atom. The zero-order valence-electron chi connectivity index (χ0n) is 7.90. The normalized spacial score (nSPS) is 14.5. The second-order valence-corrected chi connectivity index (χ2v) is 5.84. The largest absolute Gasteiger partial charge is 0.393 e. The molecule has 1 N–H and O–H groups in total. The predicted molar refractivity (Wildman–Crippen MR) is 59.7 cm³/mol. The van der Waals surface area contributed by atoms with Gasteiger partial charge in [0.05, 0.1) is 6.10 Å². The number of unbranched alkanes of at least 4 members (excludes halogenated alkanes) is 3. The molecule has 0 aromatic rings. The van der Waals surface area contributed by atoms with Crippen LogP contribution in [0, 0.1) is 0 Å². The first-order valence-electron chi connectivity index (χ1n) is 4.70. The molecule has 0 amide bonds. The molecule has 0 spiro atoms. The van der Waals surface area contributed by atoms with E-state index in [0.717, 1.165) is 19.3 Å². The van der Waals surface area contributed by atoms with Gasteiger partial charge in [-0.15, -0.1) is 0 Å². The number of halogens is 3. The van der Waals surface area contributed by atoms with Crippen LogP contribution in [-0.4, -0.2) is 15.0 Å². The molecule has 1 unspecified atom stereocenters. The molecular formula is C9H17Cl3O. The minimum atomic E-state index is -1.32. The van der Waals surface area contributed by atoms with E-state index in [9.17, 15) is 5.11 Å². The molecule has 0 rings (SSSR count). The molecule has 0 bridgehead atoms. The van der Waals surface area contributed by atoms with Gasteiger partial charge in [0, 0.05) is 6.42 Å². The molecule has 1 nitrogen and oxygen atoms in total. The summed E-state index contributed by atoms with van der Waals surface area (Å²) >= 11 is 16.6. The van der Waals surface area contributed by atoms with Gasteiger partial charge in [0.2, 0.25) is 0 Å². The molecular weight excluding hydrogens is 230 g/mol. The summed E-state index contributed by atoms with van der Waals surface area (Å²) in [7, 11) is 0. The molecule has 0 aliphatic heterocycles. The predicted octanol–water partition coefficient (Wildman–Crippen LogP) is 4.08. The number of alkyl halides is 3. The zero-order chi connectivity index (χ0) is 10.3. The molecule has 0 aliphatic rings. The van der Waals surface area contributed by atoms with Crippen LogP contribution in [0.4, 0.5) is 0 Å².